The van der Waals surface area contributed by atoms with E-state index in [0.29, 0.717) is 25.3 Å². The molecule has 5 heteroatoms. The Bertz CT molecular complexity index is 630. The van der Waals surface area contributed by atoms with E-state index in [4.69, 9.17) is 16.7 Å². The van der Waals surface area contributed by atoms with E-state index in [2.05, 4.69) is 23.1 Å². The van der Waals surface area contributed by atoms with Crippen molar-refractivity contribution >= 4 is 17.6 Å². The molecule has 0 amide bonds. The summed E-state index contributed by atoms with van der Waals surface area (Å²) < 4.78 is 0. The standard InChI is InChI=1S/C22H32ClNO3/c1-18-8-6-9-19(16-18)17-22(23,27)13-15-24-14-7-11-20(24)10-4-2-3-5-12-21(25)26/h2,4,6,8-9,16,20,27H,3,5,7,10-15,17H2,1H3,(H,25,26). The third kappa shape index (κ3) is 8.46. The molecule has 2 unspecified atom stereocenters. The summed E-state index contributed by atoms with van der Waals surface area (Å²) in [5.41, 5.74) is 2.24. The average Bonchev–Trinajstić information content (AvgIpc) is 3.03. The molecule has 27 heavy (non-hydrogen) atoms. The van der Waals surface area contributed by atoms with E-state index in [9.17, 15) is 9.90 Å². The van der Waals surface area contributed by atoms with Crippen LogP contribution in [0.3, 0.4) is 0 Å². The quantitative estimate of drug-likeness (QED) is 0.329. The molecule has 0 aliphatic carbocycles. The topological polar surface area (TPSA) is 60.8 Å². The monoisotopic (exact) mass is 393 g/mol. The first-order chi connectivity index (χ1) is 12.9. The molecule has 1 saturated heterocycles. The van der Waals surface area contributed by atoms with Crippen LogP contribution in [0.4, 0.5) is 0 Å². The van der Waals surface area contributed by atoms with Crippen LogP contribution in [0.15, 0.2) is 36.4 Å². The van der Waals surface area contributed by atoms with Crippen molar-refractivity contribution in [2.75, 3.05) is 13.1 Å². The number of carboxylic acid groups (broad SMARTS) is 1. The molecular weight excluding hydrogens is 362 g/mol. The molecule has 1 fully saturated rings. The molecule has 0 bridgehead atoms. The van der Waals surface area contributed by atoms with Crippen molar-refractivity contribution in [1.82, 2.24) is 4.90 Å². The summed E-state index contributed by atoms with van der Waals surface area (Å²) in [6.45, 7) is 3.89. The summed E-state index contributed by atoms with van der Waals surface area (Å²) in [6, 6.07) is 8.61. The van der Waals surface area contributed by atoms with E-state index in [-0.39, 0.29) is 6.42 Å². The lowest BCUT2D eigenvalue weighted by atomic mass is 10.0. The van der Waals surface area contributed by atoms with Gasteiger partial charge in [0.05, 0.1) is 0 Å². The predicted octanol–water partition coefficient (Wildman–Crippen LogP) is 4.52. The van der Waals surface area contributed by atoms with Gasteiger partial charge in [-0.3, -0.25) is 9.69 Å². The highest BCUT2D eigenvalue weighted by Gasteiger charge is 2.29. The second-order valence-electron chi connectivity index (χ2n) is 7.66. The third-order valence-electron chi connectivity index (χ3n) is 5.17. The van der Waals surface area contributed by atoms with Crippen LogP contribution in [0.2, 0.25) is 0 Å². The number of aliphatic carboxylic acids is 1. The van der Waals surface area contributed by atoms with Crippen molar-refractivity contribution in [1.29, 1.82) is 0 Å². The molecule has 1 heterocycles. The SMILES string of the molecule is Cc1cccc(CC(O)(Cl)CCN2CCCC2CC=CCCCC(=O)O)c1. The van der Waals surface area contributed by atoms with Crippen molar-refractivity contribution in [3.63, 3.8) is 0 Å². The van der Waals surface area contributed by atoms with Crippen molar-refractivity contribution in [2.45, 2.75) is 69.4 Å². The van der Waals surface area contributed by atoms with Crippen LogP contribution in [0.5, 0.6) is 0 Å². The van der Waals surface area contributed by atoms with Gasteiger partial charge in [-0.2, -0.15) is 0 Å². The number of aryl methyl sites for hydroxylation is 1. The summed E-state index contributed by atoms with van der Waals surface area (Å²) in [6.07, 6.45) is 10.3. The maximum absolute atomic E-state index is 10.6. The van der Waals surface area contributed by atoms with Gasteiger partial charge in [-0.1, -0.05) is 53.6 Å². The molecule has 0 spiro atoms. The van der Waals surface area contributed by atoms with Gasteiger partial charge in [0.25, 0.3) is 0 Å². The molecule has 4 nitrogen and oxygen atoms in total. The lowest BCUT2D eigenvalue weighted by Gasteiger charge is -2.28. The van der Waals surface area contributed by atoms with Crippen molar-refractivity contribution < 1.29 is 15.0 Å². The molecule has 1 aromatic rings. The fraction of sp³-hybridized carbons (Fsp3) is 0.591. The molecule has 0 aromatic heterocycles. The smallest absolute Gasteiger partial charge is 0.303 e. The van der Waals surface area contributed by atoms with E-state index in [1.54, 1.807) is 0 Å². The summed E-state index contributed by atoms with van der Waals surface area (Å²) in [5.74, 6) is -0.732. The molecule has 2 atom stereocenters. The number of nitrogens with zero attached hydrogens (tertiary/aromatic N) is 1. The number of hydrogen-bond acceptors (Lipinski definition) is 3. The minimum Gasteiger partial charge on any atom is -0.481 e. The first-order valence-corrected chi connectivity index (χ1v) is 10.3. The van der Waals surface area contributed by atoms with Gasteiger partial charge < -0.3 is 10.2 Å². The Kier molecular flexibility index (Phi) is 8.81. The van der Waals surface area contributed by atoms with Crippen molar-refractivity contribution in [2.24, 2.45) is 0 Å². The lowest BCUT2D eigenvalue weighted by Crippen LogP contribution is -2.35. The zero-order valence-electron chi connectivity index (χ0n) is 16.2. The lowest BCUT2D eigenvalue weighted by molar-refractivity contribution is -0.137. The molecule has 0 saturated carbocycles. The van der Waals surface area contributed by atoms with E-state index < -0.39 is 11.0 Å². The number of alkyl halides is 1. The Balaban J connectivity index is 1.74. The van der Waals surface area contributed by atoms with Gasteiger partial charge >= 0.3 is 5.97 Å². The van der Waals surface area contributed by atoms with Crippen molar-refractivity contribution in [3.05, 3.63) is 47.5 Å². The number of halogens is 1. The van der Waals surface area contributed by atoms with Crippen molar-refractivity contribution in [3.8, 4) is 0 Å². The second kappa shape index (κ2) is 10.8. The molecule has 1 aliphatic heterocycles. The molecule has 0 radical (unpaired) electrons. The zero-order valence-corrected chi connectivity index (χ0v) is 17.0. The highest BCUT2D eigenvalue weighted by molar-refractivity contribution is 6.22. The number of rotatable bonds is 11. The molecule has 1 aromatic carbocycles. The van der Waals surface area contributed by atoms with Gasteiger partial charge in [-0.25, -0.2) is 0 Å². The van der Waals surface area contributed by atoms with Gasteiger partial charge in [0, 0.05) is 31.8 Å². The first kappa shape index (κ1) is 21.9. The highest BCUT2D eigenvalue weighted by atomic mass is 35.5. The van der Waals surface area contributed by atoms with Gasteiger partial charge in [0.2, 0.25) is 0 Å². The Morgan fingerprint density at radius 3 is 2.96 bits per heavy atom. The van der Waals surface area contributed by atoms with E-state index >= 15 is 0 Å². The summed E-state index contributed by atoms with van der Waals surface area (Å²) >= 11 is 6.40. The predicted molar refractivity (Wildman–Crippen MR) is 110 cm³/mol. The van der Waals surface area contributed by atoms with Crippen LogP contribution >= 0.6 is 11.6 Å². The minimum atomic E-state index is -1.21. The number of likely N-dealkylation sites (tertiary alicyclic amines) is 1. The van der Waals surface area contributed by atoms with E-state index in [0.717, 1.165) is 37.9 Å². The first-order valence-electron chi connectivity index (χ1n) is 9.93. The minimum absolute atomic E-state index is 0.231. The van der Waals surface area contributed by atoms with Gasteiger partial charge in [-0.05, 0) is 51.1 Å². The van der Waals surface area contributed by atoms with E-state index in [1.165, 1.54) is 12.0 Å². The zero-order chi connectivity index (χ0) is 19.7. The average molecular weight is 394 g/mol. The fourth-order valence-electron chi connectivity index (χ4n) is 3.74. The molecule has 2 N–H and O–H groups in total. The number of carboxylic acids is 1. The third-order valence-corrected chi connectivity index (χ3v) is 5.50. The summed E-state index contributed by atoms with van der Waals surface area (Å²) in [5, 5.41) is 18.0. The Morgan fingerprint density at radius 2 is 2.22 bits per heavy atom. The summed E-state index contributed by atoms with van der Waals surface area (Å²) in [4.78, 5) is 12.9. The molecule has 1 aliphatic rings. The second-order valence-corrected chi connectivity index (χ2v) is 8.36. The van der Waals surface area contributed by atoms with E-state index in [1.807, 2.05) is 25.1 Å². The number of hydrogen-bond donors (Lipinski definition) is 2. The van der Waals surface area contributed by atoms with Gasteiger partial charge in [-0.15, -0.1) is 0 Å². The maximum atomic E-state index is 10.6. The fourth-order valence-corrected chi connectivity index (χ4v) is 3.98. The molecule has 2 rings (SSSR count). The van der Waals surface area contributed by atoms with Crippen LogP contribution in [0.1, 0.15) is 56.1 Å². The number of unbranched alkanes of at least 4 members (excludes halogenated alkanes) is 1. The maximum Gasteiger partial charge on any atom is 0.303 e. The van der Waals surface area contributed by atoms with Crippen LogP contribution in [0, 0.1) is 6.92 Å². The normalized spacial score (nSPS) is 20.2. The number of aliphatic hydroxyl groups is 1. The molecular formula is C22H32ClNO3. The Labute approximate surface area is 167 Å². The van der Waals surface area contributed by atoms with Gasteiger partial charge in [0.15, 0.2) is 0 Å². The Morgan fingerprint density at radius 1 is 1.41 bits per heavy atom. The van der Waals surface area contributed by atoms with Crippen LogP contribution in [-0.4, -0.2) is 45.3 Å². The molecule has 150 valence electrons. The highest BCUT2D eigenvalue weighted by Crippen LogP contribution is 2.26. The summed E-state index contributed by atoms with van der Waals surface area (Å²) in [7, 11) is 0. The number of allylic oxidation sites excluding steroid dienone is 1. The largest absolute Gasteiger partial charge is 0.481 e. The van der Waals surface area contributed by atoms with Crippen LogP contribution in [0.25, 0.3) is 0 Å². The number of benzene rings is 1. The van der Waals surface area contributed by atoms with Gasteiger partial charge in [0.1, 0.15) is 5.06 Å². The van der Waals surface area contributed by atoms with Crippen LogP contribution in [-0.2, 0) is 11.2 Å². The van der Waals surface area contributed by atoms with Crippen LogP contribution < -0.4 is 0 Å². The number of carbonyl (C=O) groups is 1. The Hall–Kier alpha value is -1.36.